The van der Waals surface area contributed by atoms with Crippen LogP contribution in [0.3, 0.4) is 0 Å². The molecule has 6 heteroatoms. The number of carboxylic acid groups (broad SMARTS) is 1. The molecule has 0 spiro atoms. The normalized spacial score (nSPS) is 23.4. The third-order valence-corrected chi connectivity index (χ3v) is 2.89. The van der Waals surface area contributed by atoms with E-state index in [4.69, 9.17) is 9.84 Å². The summed E-state index contributed by atoms with van der Waals surface area (Å²) >= 11 is 0. The molecule has 2 N–H and O–H groups in total. The first-order valence-corrected chi connectivity index (χ1v) is 5.29. The van der Waals surface area contributed by atoms with E-state index in [1.807, 2.05) is 0 Å². The number of carbonyl (C=O) groups excluding carboxylic acids is 1. The minimum Gasteiger partial charge on any atom is -0.481 e. The van der Waals surface area contributed by atoms with Crippen molar-refractivity contribution in [2.24, 2.45) is 0 Å². The summed E-state index contributed by atoms with van der Waals surface area (Å²) in [5.74, 6) is -0.911. The summed E-state index contributed by atoms with van der Waals surface area (Å²) in [7, 11) is 3.38. The minimum atomic E-state index is -0.911. The van der Waals surface area contributed by atoms with Crippen molar-refractivity contribution in [3.63, 3.8) is 0 Å². The lowest BCUT2D eigenvalue weighted by molar-refractivity contribution is -0.136. The molecule has 0 aromatic carbocycles. The monoisotopic (exact) mass is 230 g/mol. The molecule has 2 amide bonds. The molecule has 0 atom stereocenters. The van der Waals surface area contributed by atoms with Gasteiger partial charge < -0.3 is 20.1 Å². The molecular weight excluding hydrogens is 212 g/mol. The Kier molecular flexibility index (Phi) is 4.54. The molecule has 6 nitrogen and oxygen atoms in total. The Morgan fingerprint density at radius 1 is 1.50 bits per heavy atom. The smallest absolute Gasteiger partial charge is 0.317 e. The van der Waals surface area contributed by atoms with Crippen LogP contribution in [0.1, 0.15) is 19.3 Å². The molecule has 1 saturated carbocycles. The van der Waals surface area contributed by atoms with E-state index in [-0.39, 0.29) is 31.1 Å². The lowest BCUT2D eigenvalue weighted by Gasteiger charge is -2.40. The summed E-state index contributed by atoms with van der Waals surface area (Å²) < 4.78 is 5.12. The van der Waals surface area contributed by atoms with Gasteiger partial charge in [-0.25, -0.2) is 4.79 Å². The molecular formula is C10H18N2O4. The van der Waals surface area contributed by atoms with Crippen molar-refractivity contribution in [1.82, 2.24) is 10.2 Å². The number of aliphatic carboxylic acids is 1. The van der Waals surface area contributed by atoms with Crippen molar-refractivity contribution < 1.29 is 19.4 Å². The van der Waals surface area contributed by atoms with E-state index >= 15 is 0 Å². The van der Waals surface area contributed by atoms with Crippen LogP contribution in [-0.4, -0.2) is 54.9 Å². The van der Waals surface area contributed by atoms with Gasteiger partial charge in [0.15, 0.2) is 0 Å². The highest BCUT2D eigenvalue weighted by atomic mass is 16.5. The van der Waals surface area contributed by atoms with Crippen LogP contribution in [0.5, 0.6) is 0 Å². The molecule has 0 heterocycles. The molecule has 0 aromatic heterocycles. The fourth-order valence-corrected chi connectivity index (χ4v) is 1.61. The van der Waals surface area contributed by atoms with Gasteiger partial charge in [0, 0.05) is 26.7 Å². The highest BCUT2D eigenvalue weighted by Gasteiger charge is 2.34. The number of urea groups is 1. The Hall–Kier alpha value is -1.30. The lowest BCUT2D eigenvalue weighted by atomic mass is 9.88. The van der Waals surface area contributed by atoms with Crippen LogP contribution in [0.4, 0.5) is 4.79 Å². The third kappa shape index (κ3) is 3.37. The molecule has 1 fully saturated rings. The number of nitrogens with one attached hydrogen (secondary N) is 1. The summed E-state index contributed by atoms with van der Waals surface area (Å²) in [4.78, 5) is 23.4. The highest BCUT2D eigenvalue weighted by Crippen LogP contribution is 2.26. The van der Waals surface area contributed by atoms with Crippen LogP contribution in [0, 0.1) is 0 Å². The molecule has 1 aliphatic carbocycles. The standard InChI is InChI=1S/C10H18N2O4/c1-12(7-5-8(6-7)16-2)10(15)11-4-3-9(13)14/h7-8H,3-6H2,1-2H3,(H,11,15)(H,13,14). The van der Waals surface area contributed by atoms with E-state index < -0.39 is 5.97 Å². The molecule has 92 valence electrons. The third-order valence-electron chi connectivity index (χ3n) is 2.89. The maximum Gasteiger partial charge on any atom is 0.317 e. The van der Waals surface area contributed by atoms with Crippen LogP contribution in [0.25, 0.3) is 0 Å². The van der Waals surface area contributed by atoms with E-state index in [0.29, 0.717) is 0 Å². The number of hydrogen-bond acceptors (Lipinski definition) is 3. The van der Waals surface area contributed by atoms with Crippen LogP contribution in [0.15, 0.2) is 0 Å². The van der Waals surface area contributed by atoms with Gasteiger partial charge in [-0.2, -0.15) is 0 Å². The fraction of sp³-hybridized carbons (Fsp3) is 0.800. The number of ether oxygens (including phenoxy) is 1. The van der Waals surface area contributed by atoms with E-state index in [1.165, 1.54) is 0 Å². The van der Waals surface area contributed by atoms with E-state index in [9.17, 15) is 9.59 Å². The van der Waals surface area contributed by atoms with Crippen molar-refractivity contribution in [3.8, 4) is 0 Å². The first-order chi connectivity index (χ1) is 7.54. The maximum atomic E-state index is 11.5. The average molecular weight is 230 g/mol. The Labute approximate surface area is 94.6 Å². The van der Waals surface area contributed by atoms with Gasteiger partial charge >= 0.3 is 12.0 Å². The molecule has 16 heavy (non-hydrogen) atoms. The number of methoxy groups -OCH3 is 1. The Morgan fingerprint density at radius 2 is 2.12 bits per heavy atom. The second-order valence-electron chi connectivity index (χ2n) is 3.97. The quantitative estimate of drug-likeness (QED) is 0.711. The SMILES string of the molecule is COC1CC(N(C)C(=O)NCCC(=O)O)C1. The van der Waals surface area contributed by atoms with Gasteiger partial charge in [-0.1, -0.05) is 0 Å². The zero-order chi connectivity index (χ0) is 12.1. The topological polar surface area (TPSA) is 78.9 Å². The van der Waals surface area contributed by atoms with Crippen LogP contribution in [-0.2, 0) is 9.53 Å². The first-order valence-electron chi connectivity index (χ1n) is 5.29. The second kappa shape index (κ2) is 5.69. The van der Waals surface area contributed by atoms with Gasteiger partial charge in [0.2, 0.25) is 0 Å². The predicted octanol–water partition coefficient (Wildman–Crippen LogP) is 0.280. The summed E-state index contributed by atoms with van der Waals surface area (Å²) in [6.45, 7) is 0.166. The molecule has 1 rings (SSSR count). The zero-order valence-electron chi connectivity index (χ0n) is 9.60. The van der Waals surface area contributed by atoms with Gasteiger partial charge in [0.1, 0.15) is 0 Å². The molecule has 0 aromatic rings. The van der Waals surface area contributed by atoms with Crippen LogP contribution >= 0.6 is 0 Å². The van der Waals surface area contributed by atoms with Gasteiger partial charge in [0.25, 0.3) is 0 Å². The Balaban J connectivity index is 2.19. The van der Waals surface area contributed by atoms with E-state index in [0.717, 1.165) is 12.8 Å². The molecule has 0 radical (unpaired) electrons. The van der Waals surface area contributed by atoms with Gasteiger partial charge in [-0.15, -0.1) is 0 Å². The lowest BCUT2D eigenvalue weighted by Crippen LogP contribution is -2.51. The largest absolute Gasteiger partial charge is 0.481 e. The van der Waals surface area contributed by atoms with Crippen molar-refractivity contribution in [2.45, 2.75) is 31.4 Å². The summed E-state index contributed by atoms with van der Waals surface area (Å²) in [6.07, 6.45) is 1.89. The first kappa shape index (κ1) is 12.8. The number of carbonyl (C=O) groups is 2. The minimum absolute atomic E-state index is 0.0507. The molecule has 0 aliphatic heterocycles. The van der Waals surface area contributed by atoms with E-state index in [2.05, 4.69) is 5.32 Å². The van der Waals surface area contributed by atoms with Crippen molar-refractivity contribution >= 4 is 12.0 Å². The highest BCUT2D eigenvalue weighted by molar-refractivity contribution is 5.75. The number of nitrogens with zero attached hydrogens (tertiary/aromatic N) is 1. The van der Waals surface area contributed by atoms with Gasteiger partial charge in [-0.3, -0.25) is 4.79 Å². The maximum absolute atomic E-state index is 11.5. The molecule has 0 bridgehead atoms. The molecule has 0 saturated heterocycles. The van der Waals surface area contributed by atoms with Gasteiger partial charge in [0.05, 0.1) is 12.5 Å². The molecule has 1 aliphatic rings. The summed E-state index contributed by atoms with van der Waals surface area (Å²) in [6, 6.07) is -0.0180. The van der Waals surface area contributed by atoms with E-state index in [1.54, 1.807) is 19.1 Å². The molecule has 0 unspecified atom stereocenters. The van der Waals surface area contributed by atoms with Crippen LogP contribution < -0.4 is 5.32 Å². The number of hydrogen-bond donors (Lipinski definition) is 2. The number of rotatable bonds is 5. The second-order valence-corrected chi connectivity index (χ2v) is 3.97. The summed E-state index contributed by atoms with van der Waals surface area (Å²) in [5, 5.41) is 11.0. The van der Waals surface area contributed by atoms with Gasteiger partial charge in [-0.05, 0) is 12.8 Å². The Morgan fingerprint density at radius 3 is 2.62 bits per heavy atom. The zero-order valence-corrected chi connectivity index (χ0v) is 9.60. The summed E-state index contributed by atoms with van der Waals surface area (Å²) in [5.41, 5.74) is 0. The predicted molar refractivity (Wildman–Crippen MR) is 57.2 cm³/mol. The number of amides is 2. The Bertz CT molecular complexity index is 264. The fourth-order valence-electron chi connectivity index (χ4n) is 1.61. The van der Waals surface area contributed by atoms with Crippen molar-refractivity contribution in [3.05, 3.63) is 0 Å². The van der Waals surface area contributed by atoms with Crippen molar-refractivity contribution in [1.29, 1.82) is 0 Å². The number of carboxylic acids is 1. The average Bonchev–Trinajstić information content (AvgIpc) is 2.15. The van der Waals surface area contributed by atoms with Crippen molar-refractivity contribution in [2.75, 3.05) is 20.7 Å². The van der Waals surface area contributed by atoms with Crippen LogP contribution in [0.2, 0.25) is 0 Å².